The number of rotatable bonds is 5. The predicted octanol–water partition coefficient (Wildman–Crippen LogP) is 1.89. The minimum atomic E-state index is -0.964. The van der Waals surface area contributed by atoms with Gasteiger partial charge in [-0.1, -0.05) is 30.3 Å². The fourth-order valence-corrected chi connectivity index (χ4v) is 5.95. The van der Waals surface area contributed by atoms with Crippen LogP contribution in [0.5, 0.6) is 0 Å². The second-order valence-corrected chi connectivity index (χ2v) is 9.89. The lowest BCUT2D eigenvalue weighted by atomic mass is 9.92. The van der Waals surface area contributed by atoms with Gasteiger partial charge in [0.2, 0.25) is 11.8 Å². The Kier molecular flexibility index (Phi) is 5.81. The number of hydrogen-bond donors (Lipinski definition) is 2. The van der Waals surface area contributed by atoms with E-state index < -0.39 is 23.8 Å². The summed E-state index contributed by atoms with van der Waals surface area (Å²) < 4.78 is 5.83. The highest BCUT2D eigenvalue weighted by molar-refractivity contribution is 6.24. The fraction of sp³-hybridized carbons (Fsp3) is 0.407. The largest absolute Gasteiger partial charge is 0.384 e. The van der Waals surface area contributed by atoms with Crippen LogP contribution in [-0.4, -0.2) is 71.8 Å². The molecular formula is C27H28N4O5. The van der Waals surface area contributed by atoms with Crippen molar-refractivity contribution in [2.75, 3.05) is 31.6 Å². The van der Waals surface area contributed by atoms with Crippen molar-refractivity contribution in [2.24, 2.45) is 0 Å². The number of morpholine rings is 1. The summed E-state index contributed by atoms with van der Waals surface area (Å²) in [5, 5.41) is 5.74. The van der Waals surface area contributed by atoms with Crippen molar-refractivity contribution < 1.29 is 23.9 Å². The quantitative estimate of drug-likeness (QED) is 0.619. The molecule has 0 aromatic heterocycles. The summed E-state index contributed by atoms with van der Waals surface area (Å²) in [6.45, 7) is 3.36. The van der Waals surface area contributed by atoms with Gasteiger partial charge in [0.25, 0.3) is 11.8 Å². The van der Waals surface area contributed by atoms with Gasteiger partial charge in [-0.3, -0.25) is 34.3 Å². The van der Waals surface area contributed by atoms with E-state index in [1.165, 1.54) is 11.3 Å². The molecule has 4 aliphatic heterocycles. The molecule has 4 amide bonds. The molecule has 4 aliphatic rings. The molecule has 4 heterocycles. The number of imide groups is 2. The highest BCUT2D eigenvalue weighted by atomic mass is 16.5. The molecule has 2 fully saturated rings. The molecule has 2 saturated heterocycles. The Hall–Kier alpha value is -3.56. The summed E-state index contributed by atoms with van der Waals surface area (Å²) in [5.74, 6) is -1.53. The number of amides is 4. The van der Waals surface area contributed by atoms with E-state index in [2.05, 4.69) is 33.7 Å². The minimum Gasteiger partial charge on any atom is -0.384 e. The number of nitrogens with zero attached hydrogens (tertiary/aromatic N) is 2. The Bertz CT molecular complexity index is 1260. The van der Waals surface area contributed by atoms with Crippen molar-refractivity contribution in [3.05, 3.63) is 64.7 Å². The Morgan fingerprint density at radius 2 is 1.86 bits per heavy atom. The number of benzene rings is 2. The van der Waals surface area contributed by atoms with E-state index in [0.29, 0.717) is 36.8 Å². The van der Waals surface area contributed by atoms with Gasteiger partial charge in [0, 0.05) is 43.7 Å². The van der Waals surface area contributed by atoms with Crippen LogP contribution in [-0.2, 0) is 20.9 Å². The number of fused-ring (bicyclic) bond motifs is 2. The van der Waals surface area contributed by atoms with Crippen LogP contribution >= 0.6 is 0 Å². The molecule has 3 unspecified atom stereocenters. The van der Waals surface area contributed by atoms with E-state index in [1.54, 1.807) is 12.1 Å². The number of hydrogen-bond acceptors (Lipinski definition) is 7. The topological polar surface area (TPSA) is 108 Å². The first-order valence-corrected chi connectivity index (χ1v) is 12.5. The first-order valence-electron chi connectivity index (χ1n) is 12.5. The van der Waals surface area contributed by atoms with Crippen LogP contribution in [0.15, 0.2) is 42.5 Å². The summed E-state index contributed by atoms with van der Waals surface area (Å²) in [5.41, 5.74) is 3.97. The van der Waals surface area contributed by atoms with Gasteiger partial charge >= 0.3 is 0 Å². The van der Waals surface area contributed by atoms with Crippen molar-refractivity contribution >= 4 is 29.3 Å². The Labute approximate surface area is 208 Å². The molecule has 0 bridgehead atoms. The van der Waals surface area contributed by atoms with Gasteiger partial charge in [-0.15, -0.1) is 0 Å². The monoisotopic (exact) mass is 488 g/mol. The third-order valence-corrected chi connectivity index (χ3v) is 7.77. The number of carbonyl (C=O) groups is 4. The second kappa shape index (κ2) is 9.15. The van der Waals surface area contributed by atoms with E-state index in [9.17, 15) is 19.2 Å². The number of anilines is 1. The molecule has 2 N–H and O–H groups in total. The summed E-state index contributed by atoms with van der Waals surface area (Å²) in [4.78, 5) is 54.0. The molecule has 0 spiro atoms. The Morgan fingerprint density at radius 3 is 2.72 bits per heavy atom. The molecule has 6 rings (SSSR count). The predicted molar refractivity (Wildman–Crippen MR) is 130 cm³/mol. The van der Waals surface area contributed by atoms with E-state index in [4.69, 9.17) is 4.74 Å². The van der Waals surface area contributed by atoms with Crippen LogP contribution in [0.3, 0.4) is 0 Å². The molecule has 2 aromatic carbocycles. The van der Waals surface area contributed by atoms with Crippen LogP contribution < -0.4 is 10.6 Å². The highest BCUT2D eigenvalue weighted by Gasteiger charge is 2.45. The van der Waals surface area contributed by atoms with Crippen LogP contribution in [0.2, 0.25) is 0 Å². The molecule has 0 radical (unpaired) electrons. The lowest BCUT2D eigenvalue weighted by Gasteiger charge is -2.37. The first kappa shape index (κ1) is 22.9. The third-order valence-electron chi connectivity index (χ3n) is 7.77. The van der Waals surface area contributed by atoms with Gasteiger partial charge in [0.05, 0.1) is 24.3 Å². The van der Waals surface area contributed by atoms with Gasteiger partial charge < -0.3 is 10.1 Å². The molecule has 9 nitrogen and oxygen atoms in total. The van der Waals surface area contributed by atoms with Gasteiger partial charge in [-0.2, -0.15) is 0 Å². The maximum absolute atomic E-state index is 13.5. The zero-order valence-corrected chi connectivity index (χ0v) is 19.9. The van der Waals surface area contributed by atoms with Crippen LogP contribution in [0.1, 0.15) is 57.0 Å². The lowest BCUT2D eigenvalue weighted by molar-refractivity contribution is -0.136. The van der Waals surface area contributed by atoms with Crippen LogP contribution in [0.4, 0.5) is 5.69 Å². The van der Waals surface area contributed by atoms with Gasteiger partial charge in [-0.05, 0) is 36.1 Å². The average molecular weight is 489 g/mol. The number of carbonyl (C=O) groups excluding carboxylic acids is 4. The van der Waals surface area contributed by atoms with Crippen molar-refractivity contribution in [2.45, 2.75) is 43.8 Å². The minimum absolute atomic E-state index is 0.102. The van der Waals surface area contributed by atoms with E-state index in [1.807, 2.05) is 12.1 Å². The average Bonchev–Trinajstić information content (AvgIpc) is 3.40. The summed E-state index contributed by atoms with van der Waals surface area (Å²) in [6.07, 6.45) is 1.17. The molecule has 0 saturated carbocycles. The fourth-order valence-electron chi connectivity index (χ4n) is 5.95. The van der Waals surface area contributed by atoms with Gasteiger partial charge in [0.1, 0.15) is 6.04 Å². The van der Waals surface area contributed by atoms with Crippen molar-refractivity contribution in [3.8, 4) is 0 Å². The third kappa shape index (κ3) is 3.88. The maximum atomic E-state index is 13.5. The van der Waals surface area contributed by atoms with Crippen LogP contribution in [0, 0.1) is 0 Å². The first-order chi connectivity index (χ1) is 17.5. The molecule has 0 aliphatic carbocycles. The SMILES string of the molecule is O=C1CCC(N2C(=O)c3cccc(CN4CCOCC4CC4CNc5ccccc54)c3C2=O)C(=O)N1. The number of para-hydroxylation sites is 1. The molecule has 186 valence electrons. The smallest absolute Gasteiger partial charge is 0.262 e. The standard InChI is InChI=1S/C27H28N4O5/c32-23-9-8-22(25(33)29-23)31-26(34)20-6-3-4-16(24(20)27(31)35)14-30-10-11-36-15-18(30)12-17-13-28-21-7-2-1-5-19(17)21/h1-7,17-18,22,28H,8-15H2,(H,29,32,33). The Balaban J connectivity index is 1.23. The molecule has 2 aromatic rings. The summed E-state index contributed by atoms with van der Waals surface area (Å²) in [6, 6.07) is 12.9. The summed E-state index contributed by atoms with van der Waals surface area (Å²) >= 11 is 0. The summed E-state index contributed by atoms with van der Waals surface area (Å²) in [7, 11) is 0. The second-order valence-electron chi connectivity index (χ2n) is 9.89. The maximum Gasteiger partial charge on any atom is 0.262 e. The Morgan fingerprint density at radius 1 is 1.00 bits per heavy atom. The van der Waals surface area contributed by atoms with Crippen LogP contribution in [0.25, 0.3) is 0 Å². The zero-order chi connectivity index (χ0) is 24.8. The number of piperidine rings is 1. The molecule has 3 atom stereocenters. The number of nitrogens with one attached hydrogen (secondary N) is 2. The van der Waals surface area contributed by atoms with Gasteiger partial charge in [0.15, 0.2) is 0 Å². The molecule has 36 heavy (non-hydrogen) atoms. The number of ether oxygens (including phenoxy) is 1. The van der Waals surface area contributed by atoms with Crippen molar-refractivity contribution in [1.29, 1.82) is 0 Å². The van der Waals surface area contributed by atoms with E-state index in [0.717, 1.165) is 30.0 Å². The normalized spacial score (nSPS) is 26.0. The van der Waals surface area contributed by atoms with Crippen molar-refractivity contribution in [3.63, 3.8) is 0 Å². The molecule has 9 heteroatoms. The van der Waals surface area contributed by atoms with E-state index >= 15 is 0 Å². The zero-order valence-electron chi connectivity index (χ0n) is 19.9. The highest BCUT2D eigenvalue weighted by Crippen LogP contribution is 2.36. The van der Waals surface area contributed by atoms with E-state index in [-0.39, 0.29) is 24.8 Å². The van der Waals surface area contributed by atoms with Gasteiger partial charge in [-0.25, -0.2) is 0 Å². The van der Waals surface area contributed by atoms with Crippen molar-refractivity contribution in [1.82, 2.24) is 15.1 Å². The lowest BCUT2D eigenvalue weighted by Crippen LogP contribution is -2.54. The molecular weight excluding hydrogens is 460 g/mol.